The fourth-order valence-electron chi connectivity index (χ4n) is 17.9. The number of aromatic amines is 2. The van der Waals surface area contributed by atoms with Crippen molar-refractivity contribution in [1.29, 1.82) is 0 Å². The van der Waals surface area contributed by atoms with Gasteiger partial charge in [-0.1, -0.05) is 303 Å². The van der Waals surface area contributed by atoms with E-state index in [1.54, 1.807) is 12.1 Å². The van der Waals surface area contributed by atoms with E-state index >= 15 is 0 Å². The minimum atomic E-state index is -0.982. The fraction of sp³-hybridized carbons (Fsp3) is 0.459. The van der Waals surface area contributed by atoms with Gasteiger partial charge in [0.1, 0.15) is 34.0 Å². The van der Waals surface area contributed by atoms with Crippen molar-refractivity contribution >= 4 is 85.9 Å². The number of ether oxygens (including phenoxy) is 4. The summed E-state index contributed by atoms with van der Waals surface area (Å²) in [7, 11) is 0. The molecule has 8 bridgehead atoms. The van der Waals surface area contributed by atoms with Gasteiger partial charge in [-0.15, -0.1) is 11.3 Å². The first-order valence-corrected chi connectivity index (χ1v) is 48.6. The van der Waals surface area contributed by atoms with Gasteiger partial charge in [-0.05, 0) is 181 Å². The molecule has 0 amide bonds. The minimum Gasteiger partial charge on any atom is -0.493 e. The summed E-state index contributed by atoms with van der Waals surface area (Å²) in [5, 5.41) is 9.87. The molecule has 3 N–H and O–H groups in total. The van der Waals surface area contributed by atoms with Crippen molar-refractivity contribution in [3.05, 3.63) is 187 Å². The molecule has 0 unspecified atom stereocenters. The molecule has 5 aromatic heterocycles. The second kappa shape index (κ2) is 44.6. The van der Waals surface area contributed by atoms with Crippen molar-refractivity contribution in [1.82, 2.24) is 28.7 Å². The minimum absolute atomic E-state index is 0.211. The number of hydrogen-bond acceptors (Lipinski definition) is 11. The highest BCUT2D eigenvalue weighted by Gasteiger charge is 2.46. The molecule has 12 nitrogen and oxygen atoms in total. The van der Waals surface area contributed by atoms with Crippen molar-refractivity contribution in [3.63, 3.8) is 0 Å². The van der Waals surface area contributed by atoms with Crippen LogP contribution in [0.1, 0.15) is 370 Å². The predicted octanol–water partition coefficient (Wildman–Crippen LogP) is 31.2. The molecule has 646 valence electrons. The molecule has 0 radical (unpaired) electrons. The van der Waals surface area contributed by atoms with Crippen molar-refractivity contribution in [2.45, 2.75) is 299 Å². The maximum atomic E-state index is 12.0. The van der Waals surface area contributed by atoms with Gasteiger partial charge in [-0.2, -0.15) is 8.75 Å². The largest absolute Gasteiger partial charge is 0.493 e. The third-order valence-electron chi connectivity index (χ3n) is 24.9. The highest BCUT2D eigenvalue weighted by atomic mass is 32.1. The Bertz CT molecular complexity index is 5530. The molecule has 0 saturated carbocycles. The predicted molar refractivity (Wildman–Crippen MR) is 519 cm³/mol. The number of nitrogens with zero attached hydrogens (tertiary/aromatic N) is 4. The van der Waals surface area contributed by atoms with Gasteiger partial charge in [0.15, 0.2) is 0 Å². The van der Waals surface area contributed by atoms with Crippen molar-refractivity contribution in [2.24, 2.45) is 0 Å². The maximum absolute atomic E-state index is 12.0. The Morgan fingerprint density at radius 2 is 0.894 bits per heavy atom. The maximum Gasteiger partial charge on any atom is 0.335 e. The van der Waals surface area contributed by atoms with Gasteiger partial charge in [0.25, 0.3) is 0 Å². The molecule has 5 aromatic carbocycles. The van der Waals surface area contributed by atoms with E-state index in [4.69, 9.17) is 37.7 Å². The SMILES string of the molecule is CCCCCCCCOc1cccc(OCCCCCCCC)c1-c1c2nc3c(c4ccc([nH]4)c(-c4c(OCCCCCCCC)cccc4OCCCCCCCC)c4nc(c(C#Cc5ccc(-c6ccc(C(=O)O)cc6)c6nsnc56)c5ccc1[nH]5)C=C4)-c1sc(C#Cc4c(C(C)C)cc(C(C)C)cc4C(C)C)cc1C(CCCC)(CCCC)C3=C2. The van der Waals surface area contributed by atoms with Crippen LogP contribution in [0.3, 0.4) is 0 Å². The van der Waals surface area contributed by atoms with E-state index in [0.717, 1.165) is 239 Å². The molecule has 7 heterocycles. The van der Waals surface area contributed by atoms with Crippen LogP contribution in [0.4, 0.5) is 0 Å². The number of rotatable bonds is 45. The van der Waals surface area contributed by atoms with Gasteiger partial charge in [0.05, 0.1) is 99.1 Å². The second-order valence-electron chi connectivity index (χ2n) is 35.1. The molecule has 0 atom stereocenters. The number of carboxylic acid groups (broad SMARTS) is 1. The van der Waals surface area contributed by atoms with E-state index in [2.05, 4.69) is 214 Å². The Labute approximate surface area is 741 Å². The first-order valence-electron chi connectivity index (χ1n) is 47.1. The number of hydrogen-bond donors (Lipinski definition) is 3. The molecule has 2 aliphatic heterocycles. The number of H-pyrrole nitrogens is 2. The Morgan fingerprint density at radius 3 is 1.39 bits per heavy atom. The topological polar surface area (TPSA) is 157 Å². The molecule has 1 aliphatic carbocycles. The van der Waals surface area contributed by atoms with E-state index in [0.29, 0.717) is 60.2 Å². The monoisotopic (exact) mass is 1680 g/mol. The number of unbranched alkanes of at least 4 members (excludes halogenated alkanes) is 22. The molecule has 0 fully saturated rings. The number of aromatic nitrogens is 6. The summed E-state index contributed by atoms with van der Waals surface area (Å²) in [5.74, 6) is 18.3. The number of carboxylic acids is 1. The number of fused-ring (bicyclic) bond motifs is 11. The van der Waals surface area contributed by atoms with E-state index in [1.807, 2.05) is 35.6 Å². The molecular weight excluding hydrogens is 1550 g/mol. The number of allylic oxidation sites excluding steroid dienone is 1. The zero-order chi connectivity index (χ0) is 86.2. The normalized spacial score (nSPS) is 12.6. The van der Waals surface area contributed by atoms with E-state index < -0.39 is 11.4 Å². The van der Waals surface area contributed by atoms with Gasteiger partial charge < -0.3 is 34.0 Å². The Morgan fingerprint density at radius 1 is 0.439 bits per heavy atom. The Kier molecular flexibility index (Phi) is 32.9. The first-order chi connectivity index (χ1) is 60.1. The smallest absolute Gasteiger partial charge is 0.335 e. The van der Waals surface area contributed by atoms with Gasteiger partial charge in [-0.3, -0.25) is 0 Å². The summed E-state index contributed by atoms with van der Waals surface area (Å²) in [6.45, 7) is 29.8. The number of aromatic carboxylic acids is 1. The highest BCUT2D eigenvalue weighted by molar-refractivity contribution is 7.16. The van der Waals surface area contributed by atoms with Crippen LogP contribution in [0.15, 0.2) is 115 Å². The van der Waals surface area contributed by atoms with Crippen molar-refractivity contribution in [3.8, 4) is 90.5 Å². The van der Waals surface area contributed by atoms with Crippen LogP contribution in [0, 0.1) is 23.7 Å². The zero-order valence-electron chi connectivity index (χ0n) is 75.6. The third-order valence-corrected chi connectivity index (χ3v) is 26.5. The summed E-state index contributed by atoms with van der Waals surface area (Å²) in [6.07, 6.45) is 39.8. The summed E-state index contributed by atoms with van der Waals surface area (Å²) in [5.41, 5.74) is 22.7. The second-order valence-corrected chi connectivity index (χ2v) is 36.7. The average molecular weight is 1690 g/mol. The third kappa shape index (κ3) is 21.7. The van der Waals surface area contributed by atoms with Crippen LogP contribution in [0.25, 0.3) is 101 Å². The van der Waals surface area contributed by atoms with Crippen LogP contribution < -0.4 is 18.9 Å². The summed E-state index contributed by atoms with van der Waals surface area (Å²) < 4.78 is 38.7. The number of benzene rings is 5. The van der Waals surface area contributed by atoms with Crippen molar-refractivity contribution in [2.75, 3.05) is 26.4 Å². The van der Waals surface area contributed by atoms with Crippen LogP contribution in [-0.2, 0) is 5.41 Å². The number of thiophene rings is 1. The van der Waals surface area contributed by atoms with Crippen LogP contribution >= 0.6 is 23.1 Å². The Hall–Kier alpha value is -9.99. The zero-order valence-corrected chi connectivity index (χ0v) is 77.2. The lowest BCUT2D eigenvalue weighted by atomic mass is 9.63. The lowest BCUT2D eigenvalue weighted by molar-refractivity contribution is 0.0696. The van der Waals surface area contributed by atoms with Crippen LogP contribution in [0.2, 0.25) is 0 Å². The molecule has 0 spiro atoms. The average Bonchev–Trinajstić information content (AvgIpc) is 1.54. The van der Waals surface area contributed by atoms with Crippen LogP contribution in [-0.4, -0.2) is 66.2 Å². The van der Waals surface area contributed by atoms with Gasteiger partial charge in [0.2, 0.25) is 0 Å². The summed E-state index contributed by atoms with van der Waals surface area (Å²) in [6, 6.07) is 39.9. The van der Waals surface area contributed by atoms with E-state index in [-0.39, 0.29) is 17.4 Å². The molecule has 10 aromatic rings. The standard InChI is InChI=1S/C109H132N6O6S2/c1-13-19-25-29-33-37-65-118-95-43-41-44-96(119-66-38-34-30-26-20-14-2)102(95)99-90-59-57-88(110-90)83(55-52-77-51-54-81(105-104(77)114-123-115-105)76-47-49-78(50-48-76)108(116)117)89-58-60-92(111-89)100(103-97(120-67-39-35-31-27-21-15-3)45-42-46-98(103)121-68-40-36-32-28-22-16-4)94-72-86-106(113-94)101(93-62-61-91(99)112-93)107-87(109(86,63-23-17-5)64-24-18-6)71-80(122-107)53-56-82-84(74(9)10)69-79(73(7)8)70-85(82)75(11)12/h41-51,54,57-62,69-75,111-112H,13-40,63-68H2,1-12H3,(H,116,117). The highest BCUT2D eigenvalue weighted by Crippen LogP contribution is 2.60. The van der Waals surface area contributed by atoms with Crippen LogP contribution in [0.5, 0.6) is 23.0 Å². The van der Waals surface area contributed by atoms with Gasteiger partial charge in [-0.25, -0.2) is 14.8 Å². The van der Waals surface area contributed by atoms with E-state index in [9.17, 15) is 9.90 Å². The van der Waals surface area contributed by atoms with Gasteiger partial charge >= 0.3 is 5.97 Å². The fourth-order valence-corrected chi connectivity index (χ4v) is 19.6. The van der Waals surface area contributed by atoms with E-state index in [1.165, 1.54) is 110 Å². The van der Waals surface area contributed by atoms with Gasteiger partial charge in [0, 0.05) is 54.7 Å². The molecule has 123 heavy (non-hydrogen) atoms. The molecule has 0 saturated heterocycles. The summed E-state index contributed by atoms with van der Waals surface area (Å²) >= 11 is 2.95. The number of carbonyl (C=O) groups is 1. The molecule has 3 aliphatic rings. The Balaban J connectivity index is 1.15. The molecule has 13 rings (SSSR count). The number of nitrogens with one attached hydrogen (secondary N) is 2. The first kappa shape index (κ1) is 90.7. The lowest BCUT2D eigenvalue weighted by Gasteiger charge is -2.40. The lowest BCUT2D eigenvalue weighted by Crippen LogP contribution is -2.30. The van der Waals surface area contributed by atoms with Crippen molar-refractivity contribution < 1.29 is 28.8 Å². The molecule has 14 heteroatoms. The summed E-state index contributed by atoms with van der Waals surface area (Å²) in [4.78, 5) is 34.9. The quantitative estimate of drug-likeness (QED) is 0.0248. The molecular formula is C109H132N6O6S2.